The number of hydrogen-bond donors (Lipinski definition) is 0. The molecule has 2 heteroatoms. The van der Waals surface area contributed by atoms with Crippen LogP contribution in [0.1, 0.15) is 78.6 Å². The van der Waals surface area contributed by atoms with Crippen LogP contribution in [0.3, 0.4) is 0 Å². The van der Waals surface area contributed by atoms with Crippen LogP contribution in [0.15, 0.2) is 30.3 Å². The Morgan fingerprint density at radius 2 is 1.45 bits per heavy atom. The van der Waals surface area contributed by atoms with E-state index in [9.17, 15) is 4.79 Å². The van der Waals surface area contributed by atoms with Crippen LogP contribution < -0.4 is 4.74 Å². The monoisotopic (exact) mass is 304 g/mol. The fourth-order valence-corrected chi connectivity index (χ4v) is 2.54. The van der Waals surface area contributed by atoms with Crippen molar-refractivity contribution in [2.24, 2.45) is 5.41 Å². The molecule has 0 saturated heterocycles. The van der Waals surface area contributed by atoms with E-state index in [1.807, 2.05) is 44.2 Å². The standard InChI is InChI=1S/C20H32O2/c1-4-5-6-7-8-9-10-14-17-20(2,3)19(21)22-18-15-12-11-13-16-18/h11-13,15-16H,4-10,14,17H2,1-3H3. The lowest BCUT2D eigenvalue weighted by Gasteiger charge is -2.22. The minimum absolute atomic E-state index is 0.123. The van der Waals surface area contributed by atoms with Gasteiger partial charge in [-0.2, -0.15) is 0 Å². The molecule has 0 atom stereocenters. The number of unbranched alkanes of at least 4 members (excludes halogenated alkanes) is 7. The third kappa shape index (κ3) is 7.63. The number of carbonyl (C=O) groups excluding carboxylic acids is 1. The van der Waals surface area contributed by atoms with Gasteiger partial charge in [0.1, 0.15) is 5.75 Å². The molecule has 0 amide bonds. The zero-order chi connectivity index (χ0) is 16.3. The lowest BCUT2D eigenvalue weighted by Crippen LogP contribution is -2.29. The summed E-state index contributed by atoms with van der Waals surface area (Å²) in [5.41, 5.74) is -0.405. The van der Waals surface area contributed by atoms with Crippen LogP contribution in [0.4, 0.5) is 0 Å². The number of carbonyl (C=O) groups is 1. The minimum atomic E-state index is -0.405. The van der Waals surface area contributed by atoms with Crippen LogP contribution in [0.5, 0.6) is 5.75 Å². The van der Waals surface area contributed by atoms with Gasteiger partial charge in [-0.15, -0.1) is 0 Å². The second-order valence-corrected chi connectivity index (χ2v) is 6.81. The Kier molecular flexibility index (Phi) is 8.88. The summed E-state index contributed by atoms with van der Waals surface area (Å²) in [5.74, 6) is 0.512. The predicted molar refractivity (Wildman–Crippen MR) is 93.1 cm³/mol. The normalized spacial score (nSPS) is 11.4. The van der Waals surface area contributed by atoms with Crippen molar-refractivity contribution in [1.82, 2.24) is 0 Å². The van der Waals surface area contributed by atoms with Crippen molar-refractivity contribution in [3.63, 3.8) is 0 Å². The van der Waals surface area contributed by atoms with E-state index in [-0.39, 0.29) is 5.97 Å². The van der Waals surface area contributed by atoms with Crippen LogP contribution in [-0.2, 0) is 4.79 Å². The topological polar surface area (TPSA) is 26.3 Å². The van der Waals surface area contributed by atoms with Crippen LogP contribution in [0.25, 0.3) is 0 Å². The lowest BCUT2D eigenvalue weighted by molar-refractivity contribution is -0.144. The Bertz CT molecular complexity index is 409. The maximum absolute atomic E-state index is 12.3. The summed E-state index contributed by atoms with van der Waals surface area (Å²) in [7, 11) is 0. The SMILES string of the molecule is CCCCCCCCCCC(C)(C)C(=O)Oc1ccccc1. The number of ether oxygens (including phenoxy) is 1. The van der Waals surface area contributed by atoms with Gasteiger partial charge in [-0.3, -0.25) is 4.79 Å². The van der Waals surface area contributed by atoms with Gasteiger partial charge in [0.2, 0.25) is 0 Å². The molecule has 0 aliphatic rings. The molecule has 0 N–H and O–H groups in total. The number of benzene rings is 1. The second-order valence-electron chi connectivity index (χ2n) is 6.81. The maximum Gasteiger partial charge on any atom is 0.316 e. The molecule has 1 aromatic carbocycles. The van der Waals surface area contributed by atoms with Gasteiger partial charge in [0.05, 0.1) is 5.41 Å². The van der Waals surface area contributed by atoms with Crippen molar-refractivity contribution in [1.29, 1.82) is 0 Å². The van der Waals surface area contributed by atoms with Gasteiger partial charge in [-0.05, 0) is 32.4 Å². The number of rotatable bonds is 11. The van der Waals surface area contributed by atoms with Gasteiger partial charge < -0.3 is 4.74 Å². The average molecular weight is 304 g/mol. The summed E-state index contributed by atoms with van der Waals surface area (Å²) in [5, 5.41) is 0. The minimum Gasteiger partial charge on any atom is -0.426 e. The van der Waals surface area contributed by atoms with Crippen molar-refractivity contribution in [3.05, 3.63) is 30.3 Å². The molecular weight excluding hydrogens is 272 g/mol. The molecule has 0 radical (unpaired) electrons. The van der Waals surface area contributed by atoms with Crippen molar-refractivity contribution < 1.29 is 9.53 Å². The Balaban J connectivity index is 2.18. The molecule has 0 fully saturated rings. The zero-order valence-corrected chi connectivity index (χ0v) is 14.6. The fraction of sp³-hybridized carbons (Fsp3) is 0.650. The molecule has 1 aromatic rings. The van der Waals surface area contributed by atoms with Gasteiger partial charge >= 0.3 is 5.97 Å². The first-order chi connectivity index (χ1) is 10.6. The van der Waals surface area contributed by atoms with E-state index in [0.29, 0.717) is 5.75 Å². The third-order valence-electron chi connectivity index (χ3n) is 4.16. The van der Waals surface area contributed by atoms with E-state index in [1.165, 1.54) is 44.9 Å². The lowest BCUT2D eigenvalue weighted by atomic mass is 9.87. The van der Waals surface area contributed by atoms with Crippen LogP contribution in [-0.4, -0.2) is 5.97 Å². The largest absolute Gasteiger partial charge is 0.426 e. The molecular formula is C20H32O2. The van der Waals surface area contributed by atoms with E-state index in [2.05, 4.69) is 6.92 Å². The van der Waals surface area contributed by atoms with Crippen LogP contribution in [0.2, 0.25) is 0 Å². The molecule has 0 heterocycles. The van der Waals surface area contributed by atoms with E-state index in [0.717, 1.165) is 12.8 Å². The second kappa shape index (κ2) is 10.4. The molecule has 0 aliphatic carbocycles. The van der Waals surface area contributed by atoms with Crippen molar-refractivity contribution >= 4 is 5.97 Å². The Labute approximate surface area is 136 Å². The van der Waals surface area contributed by atoms with Crippen molar-refractivity contribution in [2.75, 3.05) is 0 Å². The molecule has 0 unspecified atom stereocenters. The summed E-state index contributed by atoms with van der Waals surface area (Å²) in [4.78, 5) is 12.3. The zero-order valence-electron chi connectivity index (χ0n) is 14.6. The Morgan fingerprint density at radius 1 is 0.909 bits per heavy atom. The van der Waals surface area contributed by atoms with Crippen LogP contribution in [0, 0.1) is 5.41 Å². The predicted octanol–water partition coefficient (Wildman–Crippen LogP) is 6.15. The van der Waals surface area contributed by atoms with Gasteiger partial charge in [0.15, 0.2) is 0 Å². The highest BCUT2D eigenvalue weighted by Crippen LogP contribution is 2.27. The molecule has 0 spiro atoms. The molecule has 1 rings (SSSR count). The molecule has 124 valence electrons. The van der Waals surface area contributed by atoms with Crippen LogP contribution >= 0.6 is 0 Å². The van der Waals surface area contributed by atoms with Gasteiger partial charge in [-0.1, -0.05) is 76.5 Å². The van der Waals surface area contributed by atoms with Crippen molar-refractivity contribution in [2.45, 2.75) is 78.6 Å². The molecule has 2 nitrogen and oxygen atoms in total. The average Bonchev–Trinajstić information content (AvgIpc) is 2.51. The molecule has 0 saturated carbocycles. The molecule has 0 bridgehead atoms. The molecule has 22 heavy (non-hydrogen) atoms. The quantitative estimate of drug-likeness (QED) is 0.278. The Hall–Kier alpha value is -1.31. The molecule has 0 aromatic heterocycles. The van der Waals surface area contributed by atoms with E-state index < -0.39 is 5.41 Å². The van der Waals surface area contributed by atoms with E-state index >= 15 is 0 Å². The molecule has 0 aliphatic heterocycles. The summed E-state index contributed by atoms with van der Waals surface area (Å²) < 4.78 is 5.46. The third-order valence-corrected chi connectivity index (χ3v) is 4.16. The first-order valence-electron chi connectivity index (χ1n) is 8.83. The first-order valence-corrected chi connectivity index (χ1v) is 8.83. The summed E-state index contributed by atoms with van der Waals surface area (Å²) >= 11 is 0. The van der Waals surface area contributed by atoms with E-state index in [1.54, 1.807) is 0 Å². The van der Waals surface area contributed by atoms with Crippen molar-refractivity contribution in [3.8, 4) is 5.75 Å². The fourth-order valence-electron chi connectivity index (χ4n) is 2.54. The smallest absolute Gasteiger partial charge is 0.316 e. The van der Waals surface area contributed by atoms with Gasteiger partial charge in [0.25, 0.3) is 0 Å². The highest BCUT2D eigenvalue weighted by molar-refractivity contribution is 5.78. The van der Waals surface area contributed by atoms with Gasteiger partial charge in [-0.25, -0.2) is 0 Å². The first kappa shape index (κ1) is 18.7. The number of para-hydroxylation sites is 1. The maximum atomic E-state index is 12.3. The number of esters is 1. The Morgan fingerprint density at radius 3 is 2.05 bits per heavy atom. The number of hydrogen-bond acceptors (Lipinski definition) is 2. The summed E-state index contributed by atoms with van der Waals surface area (Å²) in [6.07, 6.45) is 11.2. The summed E-state index contributed by atoms with van der Waals surface area (Å²) in [6, 6.07) is 9.33. The summed E-state index contributed by atoms with van der Waals surface area (Å²) in [6.45, 7) is 6.22. The van der Waals surface area contributed by atoms with Gasteiger partial charge in [0, 0.05) is 0 Å². The highest BCUT2D eigenvalue weighted by Gasteiger charge is 2.29. The highest BCUT2D eigenvalue weighted by atomic mass is 16.5. The van der Waals surface area contributed by atoms with E-state index in [4.69, 9.17) is 4.74 Å².